The van der Waals surface area contributed by atoms with E-state index in [4.69, 9.17) is 0 Å². The third-order valence-electron chi connectivity index (χ3n) is 5.15. The van der Waals surface area contributed by atoms with Crippen LogP contribution in [-0.4, -0.2) is 58.7 Å². The van der Waals surface area contributed by atoms with Gasteiger partial charge in [-0.1, -0.05) is 0 Å². The lowest BCUT2D eigenvalue weighted by Gasteiger charge is -2.23. The second-order valence-electron chi connectivity index (χ2n) is 6.94. The Hall–Kier alpha value is -3.09. The molecule has 2 aliphatic heterocycles. The van der Waals surface area contributed by atoms with Gasteiger partial charge in [0.15, 0.2) is 0 Å². The number of rotatable bonds is 2. The molecule has 0 bridgehead atoms. The number of aromatic amines is 1. The van der Waals surface area contributed by atoms with Gasteiger partial charge in [-0.15, -0.1) is 0 Å². The number of aromatic nitrogens is 1. The van der Waals surface area contributed by atoms with Gasteiger partial charge in [0.1, 0.15) is 5.69 Å². The van der Waals surface area contributed by atoms with Crippen molar-refractivity contribution in [3.8, 4) is 0 Å². The van der Waals surface area contributed by atoms with Crippen molar-refractivity contribution < 1.29 is 14.4 Å². The predicted molar refractivity (Wildman–Crippen MR) is 101 cm³/mol. The van der Waals surface area contributed by atoms with E-state index in [0.717, 1.165) is 17.7 Å². The van der Waals surface area contributed by atoms with E-state index in [0.29, 0.717) is 50.3 Å². The summed E-state index contributed by atoms with van der Waals surface area (Å²) < 4.78 is 0. The van der Waals surface area contributed by atoms with Crippen molar-refractivity contribution in [1.29, 1.82) is 0 Å². The second kappa shape index (κ2) is 7.26. The van der Waals surface area contributed by atoms with E-state index in [9.17, 15) is 14.4 Å². The van der Waals surface area contributed by atoms with Gasteiger partial charge in [-0.05, 0) is 48.7 Å². The Balaban J connectivity index is 1.44. The highest BCUT2D eigenvalue weighted by Crippen LogP contribution is 2.24. The summed E-state index contributed by atoms with van der Waals surface area (Å²) in [5.74, 6) is -0.0383. The molecular formula is C20H22N4O3. The third-order valence-corrected chi connectivity index (χ3v) is 5.15. The lowest BCUT2D eigenvalue weighted by Crippen LogP contribution is -2.37. The lowest BCUT2D eigenvalue weighted by molar-refractivity contribution is -0.116. The van der Waals surface area contributed by atoms with Crippen LogP contribution in [0, 0.1) is 0 Å². The molecule has 0 aliphatic carbocycles. The number of hydrogen-bond acceptors (Lipinski definition) is 3. The molecule has 1 aromatic heterocycles. The molecule has 27 heavy (non-hydrogen) atoms. The van der Waals surface area contributed by atoms with Crippen LogP contribution < -0.4 is 5.32 Å². The van der Waals surface area contributed by atoms with Gasteiger partial charge in [-0.2, -0.15) is 0 Å². The van der Waals surface area contributed by atoms with Crippen LogP contribution in [0.25, 0.3) is 0 Å². The number of amides is 3. The summed E-state index contributed by atoms with van der Waals surface area (Å²) in [6.45, 7) is 2.29. The fraction of sp³-hybridized carbons (Fsp3) is 0.350. The zero-order chi connectivity index (χ0) is 18.8. The Morgan fingerprint density at radius 2 is 1.70 bits per heavy atom. The lowest BCUT2D eigenvalue weighted by atomic mass is 10.00. The summed E-state index contributed by atoms with van der Waals surface area (Å²) in [6.07, 6.45) is 3.59. The molecular weight excluding hydrogens is 344 g/mol. The van der Waals surface area contributed by atoms with Gasteiger partial charge in [0.05, 0.1) is 0 Å². The Labute approximate surface area is 157 Å². The highest BCUT2D eigenvalue weighted by molar-refractivity contribution is 5.98. The zero-order valence-corrected chi connectivity index (χ0v) is 15.0. The third kappa shape index (κ3) is 3.58. The van der Waals surface area contributed by atoms with Gasteiger partial charge in [0.2, 0.25) is 5.91 Å². The number of hydrogen-bond donors (Lipinski definition) is 2. The summed E-state index contributed by atoms with van der Waals surface area (Å²) >= 11 is 0. The van der Waals surface area contributed by atoms with Crippen LogP contribution in [0.5, 0.6) is 0 Å². The summed E-state index contributed by atoms with van der Waals surface area (Å²) in [4.78, 5) is 43.5. The SMILES string of the molecule is O=C1CCc2cc(C(=O)N3CCCN(C(=O)c4ccc[nH]4)CC3)ccc2N1. The van der Waals surface area contributed by atoms with Gasteiger partial charge >= 0.3 is 0 Å². The number of benzene rings is 1. The summed E-state index contributed by atoms with van der Waals surface area (Å²) in [5.41, 5.74) is 3.00. The van der Waals surface area contributed by atoms with Crippen molar-refractivity contribution in [2.24, 2.45) is 0 Å². The van der Waals surface area contributed by atoms with Crippen LogP contribution in [-0.2, 0) is 11.2 Å². The highest BCUT2D eigenvalue weighted by atomic mass is 16.2. The number of anilines is 1. The first-order valence-corrected chi connectivity index (χ1v) is 9.26. The second-order valence-corrected chi connectivity index (χ2v) is 6.94. The summed E-state index contributed by atoms with van der Waals surface area (Å²) in [7, 11) is 0. The van der Waals surface area contributed by atoms with Crippen LogP contribution in [0.2, 0.25) is 0 Å². The van der Waals surface area contributed by atoms with Gasteiger partial charge in [-0.25, -0.2) is 0 Å². The Kier molecular flexibility index (Phi) is 4.66. The molecule has 3 heterocycles. The summed E-state index contributed by atoms with van der Waals surface area (Å²) in [6, 6.07) is 9.02. The maximum Gasteiger partial charge on any atom is 0.270 e. The molecule has 0 radical (unpaired) electrons. The highest BCUT2D eigenvalue weighted by Gasteiger charge is 2.25. The van der Waals surface area contributed by atoms with Crippen LogP contribution in [0.3, 0.4) is 0 Å². The van der Waals surface area contributed by atoms with E-state index in [1.165, 1.54) is 0 Å². The normalized spacial score (nSPS) is 17.1. The summed E-state index contributed by atoms with van der Waals surface area (Å²) in [5, 5.41) is 2.84. The quantitative estimate of drug-likeness (QED) is 0.851. The number of nitrogens with one attached hydrogen (secondary N) is 2. The van der Waals surface area contributed by atoms with Crippen LogP contribution >= 0.6 is 0 Å². The monoisotopic (exact) mass is 366 g/mol. The fourth-order valence-electron chi connectivity index (χ4n) is 3.66. The minimum Gasteiger partial charge on any atom is -0.357 e. The first-order valence-electron chi connectivity index (χ1n) is 9.26. The van der Waals surface area contributed by atoms with Crippen molar-refractivity contribution in [2.75, 3.05) is 31.5 Å². The topological polar surface area (TPSA) is 85.5 Å². The number of carbonyl (C=O) groups excluding carboxylic acids is 3. The largest absolute Gasteiger partial charge is 0.357 e. The van der Waals surface area contributed by atoms with Crippen molar-refractivity contribution in [1.82, 2.24) is 14.8 Å². The van der Waals surface area contributed by atoms with Gasteiger partial charge in [0.25, 0.3) is 11.8 Å². The van der Waals surface area contributed by atoms with Crippen LogP contribution in [0.1, 0.15) is 39.3 Å². The predicted octanol–water partition coefficient (Wildman–Crippen LogP) is 1.89. The minimum atomic E-state index is -0.0289. The zero-order valence-electron chi connectivity index (χ0n) is 15.0. The molecule has 0 saturated carbocycles. The average molecular weight is 366 g/mol. The molecule has 0 spiro atoms. The van der Waals surface area contributed by atoms with Crippen LogP contribution in [0.15, 0.2) is 36.5 Å². The minimum absolute atomic E-state index is 0.0147. The fourth-order valence-corrected chi connectivity index (χ4v) is 3.66. The van der Waals surface area contributed by atoms with E-state index in [-0.39, 0.29) is 17.7 Å². The maximum absolute atomic E-state index is 12.9. The van der Waals surface area contributed by atoms with Crippen LogP contribution in [0.4, 0.5) is 5.69 Å². The standard InChI is InChI=1S/C20H22N4O3/c25-18-7-5-14-13-15(4-6-16(14)22-18)19(26)23-9-2-10-24(12-11-23)20(27)17-3-1-8-21-17/h1,3-4,6,8,13,21H,2,5,7,9-12H2,(H,22,25). The molecule has 1 fully saturated rings. The first-order chi connectivity index (χ1) is 13.1. The molecule has 1 saturated heterocycles. The van der Waals surface area contributed by atoms with E-state index < -0.39 is 0 Å². The smallest absolute Gasteiger partial charge is 0.270 e. The van der Waals surface area contributed by atoms with E-state index in [1.54, 1.807) is 35.4 Å². The van der Waals surface area contributed by atoms with E-state index >= 15 is 0 Å². The van der Waals surface area contributed by atoms with E-state index in [1.807, 2.05) is 11.0 Å². The number of nitrogens with zero attached hydrogens (tertiary/aromatic N) is 2. The van der Waals surface area contributed by atoms with Gasteiger partial charge in [-0.3, -0.25) is 14.4 Å². The molecule has 2 N–H and O–H groups in total. The van der Waals surface area contributed by atoms with Crippen molar-refractivity contribution in [3.05, 3.63) is 53.3 Å². The molecule has 1 aromatic carbocycles. The molecule has 3 amide bonds. The van der Waals surface area contributed by atoms with Crippen molar-refractivity contribution >= 4 is 23.4 Å². The molecule has 4 rings (SSSR count). The Morgan fingerprint density at radius 3 is 2.44 bits per heavy atom. The van der Waals surface area contributed by atoms with Crippen molar-refractivity contribution in [3.63, 3.8) is 0 Å². The van der Waals surface area contributed by atoms with Gasteiger partial charge < -0.3 is 20.1 Å². The number of H-pyrrole nitrogens is 1. The average Bonchev–Trinajstić information content (AvgIpc) is 3.11. The molecule has 7 nitrogen and oxygen atoms in total. The van der Waals surface area contributed by atoms with E-state index in [2.05, 4.69) is 10.3 Å². The molecule has 0 atom stereocenters. The van der Waals surface area contributed by atoms with Gasteiger partial charge in [0, 0.05) is 50.0 Å². The Bertz CT molecular complexity index is 875. The molecule has 140 valence electrons. The molecule has 2 aromatic rings. The van der Waals surface area contributed by atoms with Crippen molar-refractivity contribution in [2.45, 2.75) is 19.3 Å². The number of fused-ring (bicyclic) bond motifs is 1. The number of carbonyl (C=O) groups is 3. The maximum atomic E-state index is 12.9. The molecule has 0 unspecified atom stereocenters. The molecule has 2 aliphatic rings. The molecule has 7 heteroatoms. The first kappa shape index (κ1) is 17.3. The Morgan fingerprint density at radius 1 is 0.926 bits per heavy atom. The number of aryl methyl sites for hydroxylation is 1.